The zero-order valence-electron chi connectivity index (χ0n) is 16.4. The van der Waals surface area contributed by atoms with Crippen LogP contribution in [0.1, 0.15) is 18.9 Å². The molecular formula is C22H19ClF2N2O4. The van der Waals surface area contributed by atoms with Crippen LogP contribution in [0, 0.1) is 11.6 Å². The molecule has 1 aromatic heterocycles. The van der Waals surface area contributed by atoms with E-state index in [2.05, 4.69) is 4.98 Å². The summed E-state index contributed by atoms with van der Waals surface area (Å²) < 4.78 is 38.8. The average Bonchev–Trinajstić information content (AvgIpc) is 2.75. The summed E-state index contributed by atoms with van der Waals surface area (Å²) in [7, 11) is 0. The third-order valence-electron chi connectivity index (χ3n) is 4.41. The number of aromatic nitrogens is 1. The predicted octanol–water partition coefficient (Wildman–Crippen LogP) is 5.17. The van der Waals surface area contributed by atoms with Gasteiger partial charge in [-0.1, -0.05) is 36.7 Å². The van der Waals surface area contributed by atoms with Crippen LogP contribution < -0.4 is 15.2 Å². The zero-order chi connectivity index (χ0) is 22.5. The maximum Gasteiger partial charge on any atom is 0.344 e. The Hall–Kier alpha value is -3.23. The second-order valence-corrected chi connectivity index (χ2v) is 6.96. The molecular weight excluding hydrogens is 430 g/mol. The lowest BCUT2D eigenvalue weighted by atomic mass is 10.0. The van der Waals surface area contributed by atoms with Gasteiger partial charge in [-0.3, -0.25) is 0 Å². The lowest BCUT2D eigenvalue weighted by Gasteiger charge is -2.14. The number of pyridine rings is 1. The molecule has 1 heterocycles. The fourth-order valence-electron chi connectivity index (χ4n) is 2.79. The number of carbonyl (C=O) groups is 1. The Morgan fingerprint density at radius 1 is 1.13 bits per heavy atom. The first-order valence-corrected chi connectivity index (χ1v) is 9.72. The van der Waals surface area contributed by atoms with Gasteiger partial charge in [-0.25, -0.2) is 13.6 Å². The number of aliphatic carboxylic acids is 1. The van der Waals surface area contributed by atoms with Crippen molar-refractivity contribution in [2.24, 2.45) is 5.73 Å². The average molecular weight is 449 g/mol. The summed E-state index contributed by atoms with van der Waals surface area (Å²) in [5.74, 6) is -4.46. The highest BCUT2D eigenvalue weighted by molar-refractivity contribution is 6.31. The van der Waals surface area contributed by atoms with E-state index in [0.717, 1.165) is 16.7 Å². The molecule has 3 N–H and O–H groups in total. The molecule has 0 aliphatic heterocycles. The number of nitrogens with zero attached hydrogens (tertiary/aromatic N) is 1. The predicted molar refractivity (Wildman–Crippen MR) is 111 cm³/mol. The maximum absolute atomic E-state index is 14.2. The molecule has 0 aliphatic rings. The van der Waals surface area contributed by atoms with E-state index in [1.807, 2.05) is 12.1 Å². The highest BCUT2D eigenvalue weighted by atomic mass is 35.5. The normalized spacial score (nSPS) is 11.8. The van der Waals surface area contributed by atoms with E-state index in [1.165, 1.54) is 0 Å². The maximum atomic E-state index is 14.2. The monoisotopic (exact) mass is 448 g/mol. The van der Waals surface area contributed by atoms with E-state index in [0.29, 0.717) is 11.1 Å². The summed E-state index contributed by atoms with van der Waals surface area (Å²) in [6.45, 7) is 1.82. The topological polar surface area (TPSA) is 94.7 Å². The molecule has 2 aromatic carbocycles. The Balaban J connectivity index is 1.90. The number of carboxylic acids is 1. The van der Waals surface area contributed by atoms with Crippen molar-refractivity contribution in [1.29, 1.82) is 0 Å². The van der Waals surface area contributed by atoms with Crippen LogP contribution in [0.3, 0.4) is 0 Å². The summed E-state index contributed by atoms with van der Waals surface area (Å²) in [6.07, 6.45) is -1.26. The van der Waals surface area contributed by atoms with Gasteiger partial charge in [-0.15, -0.1) is 0 Å². The highest BCUT2D eigenvalue weighted by Crippen LogP contribution is 2.31. The van der Waals surface area contributed by atoms with Crippen LogP contribution in [0.15, 0.2) is 48.5 Å². The Morgan fingerprint density at radius 3 is 2.52 bits per heavy atom. The highest BCUT2D eigenvalue weighted by Gasteiger charge is 2.22. The summed E-state index contributed by atoms with van der Waals surface area (Å²) in [4.78, 5) is 14.8. The molecule has 9 heteroatoms. The second-order valence-electron chi connectivity index (χ2n) is 6.56. The first kappa shape index (κ1) is 22.5. The minimum absolute atomic E-state index is 0.0674. The molecule has 1 atom stereocenters. The van der Waals surface area contributed by atoms with Crippen molar-refractivity contribution in [3.05, 3.63) is 70.8 Å². The number of ether oxygens (including phenoxy) is 2. The Labute approximate surface area is 182 Å². The quantitative estimate of drug-likeness (QED) is 0.493. The summed E-state index contributed by atoms with van der Waals surface area (Å²) >= 11 is 6.10. The van der Waals surface area contributed by atoms with Crippen molar-refractivity contribution in [2.45, 2.75) is 26.0 Å². The first-order valence-electron chi connectivity index (χ1n) is 9.34. The number of nitrogens with two attached hydrogens (primary N) is 1. The fourth-order valence-corrected chi connectivity index (χ4v) is 2.99. The Bertz CT molecular complexity index is 1110. The summed E-state index contributed by atoms with van der Waals surface area (Å²) in [6, 6.07) is 12.6. The Morgan fingerprint density at radius 2 is 1.84 bits per heavy atom. The second kappa shape index (κ2) is 9.72. The van der Waals surface area contributed by atoms with E-state index in [1.54, 1.807) is 37.3 Å². The van der Waals surface area contributed by atoms with E-state index in [9.17, 15) is 13.6 Å². The molecule has 0 bridgehead atoms. The molecule has 0 aliphatic carbocycles. The standard InChI is InChI=1S/C22H19ClF2N2O4/c1-2-19(22(28)29)31-21-18(25)10-17(24)20(27-21)30-15-5-3-4-12(9-15)13-6-7-16(23)14(8-13)11-26/h3-10,19H,2,11,26H2,1H3,(H,28,29)/t19-/m1/s1. The smallest absolute Gasteiger partial charge is 0.344 e. The minimum atomic E-state index is -1.33. The van der Waals surface area contributed by atoms with Gasteiger partial charge in [0.25, 0.3) is 11.8 Å². The van der Waals surface area contributed by atoms with Gasteiger partial charge in [-0.2, -0.15) is 4.98 Å². The lowest BCUT2D eigenvalue weighted by Crippen LogP contribution is -2.26. The molecule has 0 radical (unpaired) electrons. The molecule has 162 valence electrons. The van der Waals surface area contributed by atoms with Crippen LogP contribution in [0.4, 0.5) is 8.78 Å². The summed E-state index contributed by atoms with van der Waals surface area (Å²) in [5.41, 5.74) is 8.03. The van der Waals surface area contributed by atoms with Crippen LogP contribution in [0.5, 0.6) is 17.5 Å². The van der Waals surface area contributed by atoms with Crippen LogP contribution >= 0.6 is 11.6 Å². The molecule has 0 unspecified atom stereocenters. The van der Waals surface area contributed by atoms with Crippen LogP contribution in [0.2, 0.25) is 5.02 Å². The van der Waals surface area contributed by atoms with E-state index in [4.69, 9.17) is 31.9 Å². The largest absolute Gasteiger partial charge is 0.479 e. The number of carboxylic acid groups (broad SMARTS) is 1. The third kappa shape index (κ3) is 5.28. The van der Waals surface area contributed by atoms with Gasteiger partial charge in [-0.05, 0) is 47.4 Å². The molecule has 0 saturated carbocycles. The molecule has 0 saturated heterocycles. The lowest BCUT2D eigenvalue weighted by molar-refractivity contribution is -0.145. The summed E-state index contributed by atoms with van der Waals surface area (Å²) in [5, 5.41) is 9.63. The van der Waals surface area contributed by atoms with Gasteiger partial charge in [0.15, 0.2) is 17.7 Å². The minimum Gasteiger partial charge on any atom is -0.479 e. The third-order valence-corrected chi connectivity index (χ3v) is 4.78. The van der Waals surface area contributed by atoms with Crippen LogP contribution in [-0.4, -0.2) is 22.2 Å². The Kier molecular flexibility index (Phi) is 7.04. The molecule has 3 aromatic rings. The number of halogens is 3. The molecule has 0 spiro atoms. The van der Waals surface area contributed by atoms with Gasteiger partial charge in [0, 0.05) is 17.6 Å². The molecule has 0 amide bonds. The van der Waals surface area contributed by atoms with E-state index in [-0.39, 0.29) is 18.7 Å². The SMILES string of the molecule is CC[C@@H](Oc1nc(Oc2cccc(-c3ccc(Cl)c(CN)c3)c2)c(F)cc1F)C(=O)O. The van der Waals surface area contributed by atoms with Gasteiger partial charge in [0.05, 0.1) is 0 Å². The number of hydrogen-bond donors (Lipinski definition) is 2. The van der Waals surface area contributed by atoms with Crippen molar-refractivity contribution < 1.29 is 28.2 Å². The van der Waals surface area contributed by atoms with E-state index < -0.39 is 35.5 Å². The molecule has 31 heavy (non-hydrogen) atoms. The fraction of sp³-hybridized carbons (Fsp3) is 0.182. The van der Waals surface area contributed by atoms with Gasteiger partial charge in [0.1, 0.15) is 5.75 Å². The number of benzene rings is 2. The van der Waals surface area contributed by atoms with Crippen molar-refractivity contribution in [3.63, 3.8) is 0 Å². The van der Waals surface area contributed by atoms with Gasteiger partial charge in [0.2, 0.25) is 0 Å². The molecule has 6 nitrogen and oxygen atoms in total. The first-order chi connectivity index (χ1) is 14.8. The number of rotatable bonds is 8. The van der Waals surface area contributed by atoms with Crippen molar-refractivity contribution >= 4 is 17.6 Å². The van der Waals surface area contributed by atoms with Crippen molar-refractivity contribution in [1.82, 2.24) is 4.98 Å². The zero-order valence-corrected chi connectivity index (χ0v) is 17.2. The van der Waals surface area contributed by atoms with Crippen LogP contribution in [0.25, 0.3) is 11.1 Å². The molecule has 3 rings (SSSR count). The van der Waals surface area contributed by atoms with E-state index >= 15 is 0 Å². The van der Waals surface area contributed by atoms with Gasteiger partial charge >= 0.3 is 5.97 Å². The van der Waals surface area contributed by atoms with Crippen molar-refractivity contribution in [3.8, 4) is 28.6 Å². The van der Waals surface area contributed by atoms with Gasteiger partial charge < -0.3 is 20.3 Å². The van der Waals surface area contributed by atoms with Crippen molar-refractivity contribution in [2.75, 3.05) is 0 Å². The number of hydrogen-bond acceptors (Lipinski definition) is 5. The van der Waals surface area contributed by atoms with Crippen LogP contribution in [-0.2, 0) is 11.3 Å². The molecule has 0 fully saturated rings.